The number of aliphatic carboxylic acids is 1. The largest absolute Gasteiger partial charge is 0.480 e. The second kappa shape index (κ2) is 6.33. The topological polar surface area (TPSA) is 49.3 Å². The minimum atomic E-state index is -0.770. The molecule has 2 aromatic carbocycles. The minimum absolute atomic E-state index is 0.106. The third kappa shape index (κ3) is 3.28. The Morgan fingerprint density at radius 3 is 2.33 bits per heavy atom. The highest BCUT2D eigenvalue weighted by atomic mass is 32.2. The van der Waals surface area contributed by atoms with Crippen LogP contribution >= 0.6 is 11.8 Å². The fraction of sp³-hybridized carbons (Fsp3) is 0.235. The average Bonchev–Trinajstić information content (AvgIpc) is 2.56. The zero-order chi connectivity index (χ0) is 14.7. The van der Waals surface area contributed by atoms with Gasteiger partial charge in [-0.2, -0.15) is 11.8 Å². The Morgan fingerprint density at radius 2 is 1.67 bits per heavy atom. The monoisotopic (exact) mass is 299 g/mol. The van der Waals surface area contributed by atoms with E-state index in [0.717, 1.165) is 11.3 Å². The molecule has 108 valence electrons. The van der Waals surface area contributed by atoms with E-state index >= 15 is 0 Å². The van der Waals surface area contributed by atoms with Gasteiger partial charge >= 0.3 is 5.97 Å². The standard InChI is InChI=1S/C17H17NO2S/c19-17(20)16-11-21-10-15(18-16)14-8-6-13(7-9-14)12-4-2-1-3-5-12/h1-9,15-16,18H,10-11H2,(H,19,20). The third-order valence-electron chi connectivity index (χ3n) is 3.69. The van der Waals surface area contributed by atoms with Gasteiger partial charge < -0.3 is 5.11 Å². The third-order valence-corrected chi connectivity index (χ3v) is 4.83. The van der Waals surface area contributed by atoms with Gasteiger partial charge in [0.25, 0.3) is 0 Å². The summed E-state index contributed by atoms with van der Waals surface area (Å²) in [6, 6.07) is 18.3. The predicted octanol–water partition coefficient (Wildman–Crippen LogP) is 3.18. The van der Waals surface area contributed by atoms with Crippen LogP contribution in [0.5, 0.6) is 0 Å². The molecule has 3 rings (SSSR count). The normalized spacial score (nSPS) is 21.9. The van der Waals surface area contributed by atoms with E-state index in [9.17, 15) is 4.79 Å². The molecule has 3 nitrogen and oxygen atoms in total. The number of carboxylic acid groups (broad SMARTS) is 1. The second-order valence-electron chi connectivity index (χ2n) is 5.14. The highest BCUT2D eigenvalue weighted by Gasteiger charge is 2.27. The van der Waals surface area contributed by atoms with Crippen LogP contribution in [0.2, 0.25) is 0 Å². The maximum absolute atomic E-state index is 11.1. The van der Waals surface area contributed by atoms with Crippen LogP contribution in [0.15, 0.2) is 54.6 Å². The zero-order valence-corrected chi connectivity index (χ0v) is 12.3. The van der Waals surface area contributed by atoms with E-state index in [4.69, 9.17) is 5.11 Å². The molecule has 2 unspecified atom stereocenters. The van der Waals surface area contributed by atoms with Crippen molar-refractivity contribution in [2.45, 2.75) is 12.1 Å². The summed E-state index contributed by atoms with van der Waals surface area (Å²) < 4.78 is 0. The van der Waals surface area contributed by atoms with Gasteiger partial charge in [0, 0.05) is 17.5 Å². The van der Waals surface area contributed by atoms with E-state index < -0.39 is 12.0 Å². The number of thioether (sulfide) groups is 1. The highest BCUT2D eigenvalue weighted by Crippen LogP contribution is 2.27. The zero-order valence-electron chi connectivity index (χ0n) is 11.5. The fourth-order valence-electron chi connectivity index (χ4n) is 2.52. The number of carbonyl (C=O) groups is 1. The molecule has 0 radical (unpaired) electrons. The summed E-state index contributed by atoms with van der Waals surface area (Å²) in [6.45, 7) is 0. The lowest BCUT2D eigenvalue weighted by Gasteiger charge is -2.28. The van der Waals surface area contributed by atoms with Crippen molar-refractivity contribution in [2.75, 3.05) is 11.5 Å². The molecule has 2 atom stereocenters. The van der Waals surface area contributed by atoms with Gasteiger partial charge in [-0.25, -0.2) is 0 Å². The molecule has 2 N–H and O–H groups in total. The maximum Gasteiger partial charge on any atom is 0.321 e. The number of hydrogen-bond donors (Lipinski definition) is 2. The number of hydrogen-bond acceptors (Lipinski definition) is 3. The van der Waals surface area contributed by atoms with E-state index in [1.807, 2.05) is 18.2 Å². The van der Waals surface area contributed by atoms with Gasteiger partial charge in [-0.1, -0.05) is 54.6 Å². The van der Waals surface area contributed by atoms with Crippen molar-refractivity contribution in [1.29, 1.82) is 0 Å². The van der Waals surface area contributed by atoms with E-state index in [1.165, 1.54) is 11.1 Å². The van der Waals surface area contributed by atoms with Gasteiger partial charge in [0.15, 0.2) is 0 Å². The maximum atomic E-state index is 11.1. The molecule has 1 aliphatic rings. The van der Waals surface area contributed by atoms with Gasteiger partial charge in [-0.3, -0.25) is 10.1 Å². The first kappa shape index (κ1) is 14.2. The van der Waals surface area contributed by atoms with E-state index in [2.05, 4.69) is 41.7 Å². The highest BCUT2D eigenvalue weighted by molar-refractivity contribution is 7.99. The second-order valence-corrected chi connectivity index (χ2v) is 6.21. The molecule has 0 amide bonds. The Labute approximate surface area is 128 Å². The van der Waals surface area contributed by atoms with E-state index in [-0.39, 0.29) is 6.04 Å². The first-order chi connectivity index (χ1) is 10.2. The Balaban J connectivity index is 1.76. The molecule has 1 heterocycles. The lowest BCUT2D eigenvalue weighted by molar-refractivity contribution is -0.139. The Bertz CT molecular complexity index is 612. The summed E-state index contributed by atoms with van der Waals surface area (Å²) >= 11 is 1.69. The van der Waals surface area contributed by atoms with Gasteiger partial charge in [0.1, 0.15) is 6.04 Å². The smallest absolute Gasteiger partial charge is 0.321 e. The Hall–Kier alpha value is -1.78. The number of benzene rings is 2. The van der Waals surface area contributed by atoms with Crippen LogP contribution in [-0.4, -0.2) is 28.6 Å². The van der Waals surface area contributed by atoms with Crippen LogP contribution in [0.4, 0.5) is 0 Å². The first-order valence-electron chi connectivity index (χ1n) is 6.96. The van der Waals surface area contributed by atoms with Gasteiger partial charge in [0.2, 0.25) is 0 Å². The molecule has 0 saturated carbocycles. The molecule has 2 aromatic rings. The van der Waals surface area contributed by atoms with Crippen LogP contribution in [-0.2, 0) is 4.79 Å². The van der Waals surface area contributed by atoms with Gasteiger partial charge in [-0.15, -0.1) is 0 Å². The van der Waals surface area contributed by atoms with Crippen LogP contribution in [0, 0.1) is 0 Å². The lowest BCUT2D eigenvalue weighted by Crippen LogP contribution is -2.45. The molecule has 4 heteroatoms. The van der Waals surface area contributed by atoms with E-state index in [1.54, 1.807) is 11.8 Å². The minimum Gasteiger partial charge on any atom is -0.480 e. The molecule has 1 saturated heterocycles. The molecular formula is C17H17NO2S. The van der Waals surface area contributed by atoms with E-state index in [0.29, 0.717) is 5.75 Å². The molecule has 0 bridgehead atoms. The Kier molecular flexibility index (Phi) is 4.27. The van der Waals surface area contributed by atoms with Crippen LogP contribution < -0.4 is 5.32 Å². The molecule has 0 aliphatic carbocycles. The number of nitrogens with one attached hydrogen (secondary N) is 1. The predicted molar refractivity (Wildman–Crippen MR) is 86.5 cm³/mol. The van der Waals surface area contributed by atoms with Crippen molar-refractivity contribution >= 4 is 17.7 Å². The average molecular weight is 299 g/mol. The summed E-state index contributed by atoms with van der Waals surface area (Å²) in [5, 5.41) is 12.3. The summed E-state index contributed by atoms with van der Waals surface area (Å²) in [4.78, 5) is 11.1. The number of carboxylic acids is 1. The van der Waals surface area contributed by atoms with Gasteiger partial charge in [-0.05, 0) is 16.7 Å². The van der Waals surface area contributed by atoms with Gasteiger partial charge in [0.05, 0.1) is 0 Å². The van der Waals surface area contributed by atoms with Crippen molar-refractivity contribution in [3.05, 3.63) is 60.2 Å². The first-order valence-corrected chi connectivity index (χ1v) is 8.11. The lowest BCUT2D eigenvalue weighted by atomic mass is 10.0. The van der Waals surface area contributed by atoms with Crippen molar-refractivity contribution < 1.29 is 9.90 Å². The van der Waals surface area contributed by atoms with Crippen molar-refractivity contribution in [1.82, 2.24) is 5.32 Å². The van der Waals surface area contributed by atoms with Crippen molar-refractivity contribution in [3.8, 4) is 11.1 Å². The SMILES string of the molecule is O=C(O)C1CSCC(c2ccc(-c3ccccc3)cc2)N1. The quantitative estimate of drug-likeness (QED) is 0.914. The molecular weight excluding hydrogens is 282 g/mol. The molecule has 0 aromatic heterocycles. The molecule has 0 spiro atoms. The van der Waals surface area contributed by atoms with Crippen molar-refractivity contribution in [2.24, 2.45) is 0 Å². The van der Waals surface area contributed by atoms with Crippen LogP contribution in [0.3, 0.4) is 0 Å². The summed E-state index contributed by atoms with van der Waals surface area (Å²) in [6.07, 6.45) is 0. The summed E-state index contributed by atoms with van der Waals surface area (Å²) in [5.74, 6) is 0.774. The molecule has 1 fully saturated rings. The fourth-order valence-corrected chi connectivity index (χ4v) is 3.65. The van der Waals surface area contributed by atoms with Crippen molar-refractivity contribution in [3.63, 3.8) is 0 Å². The molecule has 21 heavy (non-hydrogen) atoms. The summed E-state index contributed by atoms with van der Waals surface area (Å²) in [7, 11) is 0. The number of rotatable bonds is 3. The summed E-state index contributed by atoms with van der Waals surface area (Å²) in [5.41, 5.74) is 3.52. The van der Waals surface area contributed by atoms with Crippen LogP contribution in [0.25, 0.3) is 11.1 Å². The molecule has 1 aliphatic heterocycles. The van der Waals surface area contributed by atoms with Crippen LogP contribution in [0.1, 0.15) is 11.6 Å². The Morgan fingerprint density at radius 1 is 1.00 bits per heavy atom.